The lowest BCUT2D eigenvalue weighted by molar-refractivity contribution is -0.149. The van der Waals surface area contributed by atoms with E-state index in [0.717, 1.165) is 0 Å². The van der Waals surface area contributed by atoms with Crippen LogP contribution in [-0.2, 0) is 18.6 Å². The first-order chi connectivity index (χ1) is 19.5. The number of fused-ring (bicyclic) bond motifs is 1. The van der Waals surface area contributed by atoms with Crippen LogP contribution in [0.1, 0.15) is 33.2 Å². The highest BCUT2D eigenvalue weighted by Gasteiger charge is 2.34. The number of hydrogen-bond donors (Lipinski definition) is 2. The number of benzene rings is 1. The molecular formula is C26H35N6O8P. The van der Waals surface area contributed by atoms with E-state index in [1.807, 2.05) is 16.7 Å². The number of nitrogens with one attached hydrogen (secondary N) is 1. The van der Waals surface area contributed by atoms with Crippen molar-refractivity contribution in [2.45, 2.75) is 45.4 Å². The average Bonchev–Trinajstić information content (AvgIpc) is 3.57. The van der Waals surface area contributed by atoms with E-state index < -0.39 is 19.8 Å². The number of nitrogens with two attached hydrogens (primary N) is 1. The van der Waals surface area contributed by atoms with Gasteiger partial charge in [0.05, 0.1) is 46.4 Å². The zero-order valence-electron chi connectivity index (χ0n) is 23.8. The molecule has 1 unspecified atom stereocenters. The average molecular weight is 591 g/mol. The van der Waals surface area contributed by atoms with Crippen molar-refractivity contribution in [3.05, 3.63) is 36.7 Å². The third-order valence-electron chi connectivity index (χ3n) is 6.17. The number of ether oxygens (including phenoxy) is 4. The van der Waals surface area contributed by atoms with Gasteiger partial charge in [-0.05, 0) is 27.2 Å². The van der Waals surface area contributed by atoms with Crippen molar-refractivity contribution >= 4 is 30.8 Å². The summed E-state index contributed by atoms with van der Waals surface area (Å²) in [7, 11) is 0.347. The van der Waals surface area contributed by atoms with Gasteiger partial charge in [-0.15, -0.1) is 0 Å². The molecule has 1 aromatic carbocycles. The Bertz CT molecular complexity index is 1440. The van der Waals surface area contributed by atoms with E-state index >= 15 is 0 Å². The van der Waals surface area contributed by atoms with Gasteiger partial charge in [-0.1, -0.05) is 12.2 Å². The van der Waals surface area contributed by atoms with Crippen molar-refractivity contribution in [1.82, 2.24) is 24.6 Å². The molecule has 4 rings (SSSR count). The van der Waals surface area contributed by atoms with E-state index in [4.69, 9.17) is 33.7 Å². The standard InChI is InChI=1S/C26H35N6O8P/c1-15(2)39-25(33)16(3)31-41(34,40-21-11-19(35-4)10-20(12-21)36-5)38-13-17-7-8-18(9-17)32-14-28-22-23(32)29-26(27)30-24(22)37-6/h7-8,10-12,14-18H,9,13H2,1-6H3,(H,31,34)(H2,27,29,30)/t16-,17+,18-,41?/m0/s1. The number of aromatic nitrogens is 4. The molecule has 4 atom stereocenters. The molecule has 2 aromatic heterocycles. The Labute approximate surface area is 237 Å². The summed E-state index contributed by atoms with van der Waals surface area (Å²) in [4.78, 5) is 25.3. The van der Waals surface area contributed by atoms with Crippen LogP contribution < -0.4 is 29.6 Å². The van der Waals surface area contributed by atoms with Crippen molar-refractivity contribution in [1.29, 1.82) is 0 Å². The minimum absolute atomic E-state index is 0.0252. The summed E-state index contributed by atoms with van der Waals surface area (Å²) in [5.74, 6) is 0.632. The summed E-state index contributed by atoms with van der Waals surface area (Å²) in [5.41, 5.74) is 6.88. The van der Waals surface area contributed by atoms with Crippen LogP contribution in [0.2, 0.25) is 0 Å². The highest BCUT2D eigenvalue weighted by molar-refractivity contribution is 7.52. The molecule has 3 N–H and O–H groups in total. The molecule has 41 heavy (non-hydrogen) atoms. The number of nitrogen functional groups attached to an aromatic ring is 1. The second kappa shape index (κ2) is 12.8. The zero-order chi connectivity index (χ0) is 29.7. The van der Waals surface area contributed by atoms with E-state index in [-0.39, 0.29) is 42.2 Å². The molecule has 3 aromatic rings. The Kier molecular flexibility index (Phi) is 9.36. The highest BCUT2D eigenvalue weighted by Crippen LogP contribution is 2.47. The third-order valence-corrected chi connectivity index (χ3v) is 7.82. The van der Waals surface area contributed by atoms with Crippen molar-refractivity contribution in [3.63, 3.8) is 0 Å². The van der Waals surface area contributed by atoms with E-state index in [1.54, 1.807) is 26.2 Å². The molecule has 0 spiro atoms. The molecule has 0 amide bonds. The van der Waals surface area contributed by atoms with Crippen LogP contribution in [0.25, 0.3) is 11.2 Å². The lowest BCUT2D eigenvalue weighted by Gasteiger charge is -2.25. The maximum Gasteiger partial charge on any atom is 0.459 e. The fourth-order valence-electron chi connectivity index (χ4n) is 4.26. The van der Waals surface area contributed by atoms with Crippen LogP contribution in [0.4, 0.5) is 5.95 Å². The van der Waals surface area contributed by atoms with Crippen molar-refractivity contribution in [2.24, 2.45) is 5.92 Å². The smallest absolute Gasteiger partial charge is 0.459 e. The molecule has 14 nitrogen and oxygen atoms in total. The Hall–Kier alpha value is -3.87. The monoisotopic (exact) mass is 590 g/mol. The molecule has 2 heterocycles. The number of carbonyl (C=O) groups is 1. The zero-order valence-corrected chi connectivity index (χ0v) is 24.7. The SMILES string of the molecule is COc1cc(OC)cc(OP(=O)(N[C@@H](C)C(=O)OC(C)C)OC[C@@H]2C=C[C@H](n3cnc4c(OC)nc(N)nc43)C2)c1. The fraction of sp³-hybridized carbons (Fsp3) is 0.462. The molecular weight excluding hydrogens is 555 g/mol. The topological polar surface area (TPSA) is 171 Å². The Balaban J connectivity index is 1.51. The van der Waals surface area contributed by atoms with Crippen LogP contribution in [-0.4, -0.2) is 65.6 Å². The lowest BCUT2D eigenvalue weighted by Crippen LogP contribution is -2.36. The molecule has 1 aliphatic carbocycles. The number of allylic oxidation sites excluding steroid dienone is 1. The summed E-state index contributed by atoms with van der Waals surface area (Å²) in [6, 6.07) is 3.61. The summed E-state index contributed by atoms with van der Waals surface area (Å²) >= 11 is 0. The minimum Gasteiger partial charge on any atom is -0.496 e. The number of anilines is 1. The van der Waals surface area contributed by atoms with Crippen molar-refractivity contribution < 1.29 is 37.4 Å². The first kappa shape index (κ1) is 30.1. The molecule has 15 heteroatoms. The molecule has 0 radical (unpaired) electrons. The molecule has 0 saturated heterocycles. The number of rotatable bonds is 13. The Morgan fingerprint density at radius 1 is 1.07 bits per heavy atom. The number of nitrogens with zero attached hydrogens (tertiary/aromatic N) is 4. The van der Waals surface area contributed by atoms with E-state index in [1.165, 1.54) is 40.4 Å². The molecule has 0 saturated carbocycles. The molecule has 222 valence electrons. The van der Waals surface area contributed by atoms with Crippen LogP contribution >= 0.6 is 7.75 Å². The van der Waals surface area contributed by atoms with Crippen LogP contribution in [0.5, 0.6) is 23.1 Å². The number of methoxy groups -OCH3 is 3. The number of carbonyl (C=O) groups excluding carboxylic acids is 1. The summed E-state index contributed by atoms with van der Waals surface area (Å²) in [5, 5.41) is 2.70. The van der Waals surface area contributed by atoms with Gasteiger partial charge in [0.2, 0.25) is 11.8 Å². The molecule has 0 fully saturated rings. The maximum atomic E-state index is 14.0. The lowest BCUT2D eigenvalue weighted by atomic mass is 10.1. The van der Waals surface area contributed by atoms with Gasteiger partial charge in [0.15, 0.2) is 11.2 Å². The van der Waals surface area contributed by atoms with Crippen molar-refractivity contribution in [2.75, 3.05) is 33.7 Å². The fourth-order valence-corrected chi connectivity index (χ4v) is 5.79. The first-order valence-electron chi connectivity index (χ1n) is 12.9. The van der Waals surface area contributed by atoms with Crippen molar-refractivity contribution in [3.8, 4) is 23.1 Å². The first-order valence-corrected chi connectivity index (χ1v) is 14.5. The second-order valence-corrected chi connectivity index (χ2v) is 11.3. The van der Waals surface area contributed by atoms with Gasteiger partial charge in [0, 0.05) is 24.1 Å². The summed E-state index contributed by atoms with van der Waals surface area (Å²) in [6.07, 6.45) is 5.82. The van der Waals surface area contributed by atoms with Gasteiger partial charge in [-0.2, -0.15) is 15.1 Å². The quantitative estimate of drug-likeness (QED) is 0.168. The van der Waals surface area contributed by atoms with E-state index in [0.29, 0.717) is 29.1 Å². The summed E-state index contributed by atoms with van der Waals surface area (Å²) in [6.45, 7) is 5.00. The van der Waals surface area contributed by atoms with Gasteiger partial charge in [0.1, 0.15) is 23.3 Å². The highest BCUT2D eigenvalue weighted by atomic mass is 31.2. The van der Waals surface area contributed by atoms with Gasteiger partial charge in [-0.25, -0.2) is 9.55 Å². The molecule has 0 bridgehead atoms. The predicted molar refractivity (Wildman–Crippen MR) is 150 cm³/mol. The number of hydrogen-bond acceptors (Lipinski definition) is 12. The second-order valence-electron chi connectivity index (χ2n) is 9.63. The van der Waals surface area contributed by atoms with Gasteiger partial charge < -0.3 is 33.8 Å². The Morgan fingerprint density at radius 2 is 1.76 bits per heavy atom. The van der Waals surface area contributed by atoms with Crippen LogP contribution in [0.3, 0.4) is 0 Å². The van der Waals surface area contributed by atoms with E-state index in [2.05, 4.69) is 20.0 Å². The van der Waals surface area contributed by atoms with E-state index in [9.17, 15) is 9.36 Å². The normalized spacial score (nSPS) is 18.7. The predicted octanol–water partition coefficient (Wildman–Crippen LogP) is 3.68. The van der Waals surface area contributed by atoms with Gasteiger partial charge in [-0.3, -0.25) is 9.32 Å². The number of esters is 1. The third kappa shape index (κ3) is 7.26. The van der Waals surface area contributed by atoms with Gasteiger partial charge >= 0.3 is 13.7 Å². The van der Waals surface area contributed by atoms with Crippen LogP contribution in [0, 0.1) is 5.92 Å². The molecule has 1 aliphatic rings. The van der Waals surface area contributed by atoms with Crippen LogP contribution in [0.15, 0.2) is 36.7 Å². The van der Waals surface area contributed by atoms with Gasteiger partial charge in [0.25, 0.3) is 0 Å². The number of imidazole rings is 1. The summed E-state index contributed by atoms with van der Waals surface area (Å²) < 4.78 is 48.7. The minimum atomic E-state index is -4.11. The Morgan fingerprint density at radius 3 is 2.39 bits per heavy atom. The largest absolute Gasteiger partial charge is 0.496 e. The molecule has 0 aliphatic heterocycles. The maximum absolute atomic E-state index is 14.0.